The molecule has 0 radical (unpaired) electrons. The number of nitrogens with one attached hydrogen (secondary N) is 2. The first-order valence-electron chi connectivity index (χ1n) is 12.2. The van der Waals surface area contributed by atoms with E-state index in [-0.39, 0.29) is 17.7 Å². The summed E-state index contributed by atoms with van der Waals surface area (Å²) in [6.07, 6.45) is -0.309. The SMILES string of the molecule is COC(=O)C(C)(C)NP(=O)(OC[C@H]1O[C@@H](n2cc(/C=C/Br)c(=O)[nH]c2=O)C[C@@H]1O)Oc1cccc2ccccc12. The Morgan fingerprint density at radius 2 is 2.00 bits per heavy atom. The van der Waals surface area contributed by atoms with Gasteiger partial charge in [-0.15, -0.1) is 0 Å². The maximum atomic E-state index is 14.1. The molecule has 0 amide bonds. The zero-order valence-electron chi connectivity index (χ0n) is 21.9. The molecule has 2 heterocycles. The standard InChI is InChI=1S/C26H29BrN3O9P/c1-26(2,24(33)36-3)29-40(35,39-20-10-6-8-16-7-4-5-9-18(16)20)37-15-21-19(31)13-22(38-21)30-14-17(11-12-27)23(32)28-25(30)34/h4-12,14,19,21-22,31H,13,15H2,1-3H3,(H,29,35)(H,28,32,34)/b12-11+/t19-,21+,22+,40?/m0/s1. The van der Waals surface area contributed by atoms with Gasteiger partial charge in [0.2, 0.25) is 0 Å². The van der Waals surface area contributed by atoms with E-state index in [1.54, 1.807) is 24.3 Å². The molecule has 40 heavy (non-hydrogen) atoms. The average molecular weight is 638 g/mol. The number of esters is 1. The zero-order chi connectivity index (χ0) is 29.1. The number of aromatic amines is 1. The van der Waals surface area contributed by atoms with E-state index in [1.165, 1.54) is 38.2 Å². The van der Waals surface area contributed by atoms with Crippen molar-refractivity contribution >= 4 is 46.5 Å². The molecule has 0 aliphatic carbocycles. The van der Waals surface area contributed by atoms with Gasteiger partial charge in [0.15, 0.2) is 0 Å². The lowest BCUT2D eigenvalue weighted by Crippen LogP contribution is -2.47. The normalized spacial score (nSPS) is 21.0. The predicted molar refractivity (Wildman–Crippen MR) is 151 cm³/mol. The van der Waals surface area contributed by atoms with Gasteiger partial charge >= 0.3 is 19.4 Å². The van der Waals surface area contributed by atoms with E-state index in [2.05, 4.69) is 26.0 Å². The molecular weight excluding hydrogens is 609 g/mol. The van der Waals surface area contributed by atoms with Gasteiger partial charge in [0.1, 0.15) is 23.6 Å². The maximum Gasteiger partial charge on any atom is 0.459 e. The monoisotopic (exact) mass is 637 g/mol. The number of carbonyl (C=O) groups excluding carboxylic acids is 1. The third-order valence-corrected chi connectivity index (χ3v) is 8.26. The largest absolute Gasteiger partial charge is 0.468 e. The van der Waals surface area contributed by atoms with E-state index in [9.17, 15) is 24.1 Å². The van der Waals surface area contributed by atoms with E-state index in [0.717, 1.165) is 9.95 Å². The number of aliphatic hydroxyl groups is 1. The minimum Gasteiger partial charge on any atom is -0.468 e. The van der Waals surface area contributed by atoms with Crippen LogP contribution in [0.1, 0.15) is 32.1 Å². The molecule has 1 aliphatic heterocycles. The summed E-state index contributed by atoms with van der Waals surface area (Å²) in [5.41, 5.74) is -2.59. The number of aliphatic hydroxyl groups excluding tert-OH is 1. The molecule has 14 heteroatoms. The van der Waals surface area contributed by atoms with Crippen molar-refractivity contribution < 1.29 is 33.0 Å². The molecule has 1 unspecified atom stereocenters. The van der Waals surface area contributed by atoms with Crippen molar-refractivity contribution in [3.63, 3.8) is 0 Å². The van der Waals surface area contributed by atoms with E-state index < -0.39 is 55.5 Å². The molecule has 4 rings (SSSR count). The fraction of sp³-hybridized carbons (Fsp3) is 0.346. The van der Waals surface area contributed by atoms with Crippen molar-refractivity contribution in [3.05, 3.63) is 80.0 Å². The van der Waals surface area contributed by atoms with Crippen molar-refractivity contribution in [1.29, 1.82) is 0 Å². The molecular formula is C26H29BrN3O9P. The van der Waals surface area contributed by atoms with Crippen LogP contribution in [-0.4, -0.2) is 52.1 Å². The topological polar surface area (TPSA) is 158 Å². The van der Waals surface area contributed by atoms with Gasteiger partial charge in [-0.2, -0.15) is 5.09 Å². The van der Waals surface area contributed by atoms with Crippen LogP contribution >= 0.6 is 23.7 Å². The quantitative estimate of drug-likeness (QED) is 0.222. The lowest BCUT2D eigenvalue weighted by Gasteiger charge is -2.29. The second-order valence-corrected chi connectivity index (χ2v) is 11.8. The fourth-order valence-electron chi connectivity index (χ4n) is 4.24. The molecule has 0 spiro atoms. The number of methoxy groups -OCH3 is 1. The first-order chi connectivity index (χ1) is 19.0. The highest BCUT2D eigenvalue weighted by molar-refractivity contribution is 9.11. The van der Waals surface area contributed by atoms with Gasteiger partial charge in [0, 0.05) is 18.0 Å². The summed E-state index contributed by atoms with van der Waals surface area (Å²) in [6.45, 7) is 2.50. The Bertz CT molecular complexity index is 1580. The second kappa shape index (κ2) is 12.2. The number of ether oxygens (including phenoxy) is 2. The molecule has 1 saturated heterocycles. The van der Waals surface area contributed by atoms with Gasteiger partial charge in [-0.25, -0.2) is 9.36 Å². The molecule has 12 nitrogen and oxygen atoms in total. The first kappa shape index (κ1) is 29.9. The van der Waals surface area contributed by atoms with E-state index in [1.807, 2.05) is 18.2 Å². The number of hydrogen-bond acceptors (Lipinski definition) is 9. The van der Waals surface area contributed by atoms with Crippen LogP contribution in [0.5, 0.6) is 5.75 Å². The van der Waals surface area contributed by atoms with Gasteiger partial charge in [0.05, 0.1) is 25.4 Å². The van der Waals surface area contributed by atoms with E-state index >= 15 is 0 Å². The van der Waals surface area contributed by atoms with Gasteiger partial charge in [0.25, 0.3) is 5.56 Å². The van der Waals surface area contributed by atoms with Crippen molar-refractivity contribution in [2.24, 2.45) is 0 Å². The first-order valence-corrected chi connectivity index (χ1v) is 14.7. The Hall–Kier alpha value is -3.06. The minimum absolute atomic E-state index is 0.00694. The average Bonchev–Trinajstić information content (AvgIpc) is 3.28. The third kappa shape index (κ3) is 6.63. The summed E-state index contributed by atoms with van der Waals surface area (Å²) in [6, 6.07) is 12.5. The van der Waals surface area contributed by atoms with Gasteiger partial charge in [-0.3, -0.25) is 23.7 Å². The summed E-state index contributed by atoms with van der Waals surface area (Å²) in [4.78, 5) is 40.5. The van der Waals surface area contributed by atoms with Crippen LogP contribution in [0.15, 0.2) is 63.2 Å². The van der Waals surface area contributed by atoms with Crippen LogP contribution in [0.2, 0.25) is 0 Å². The summed E-state index contributed by atoms with van der Waals surface area (Å²) in [5, 5.41) is 14.8. The lowest BCUT2D eigenvalue weighted by atomic mass is 10.1. The Labute approximate surface area is 237 Å². The molecule has 1 aliphatic rings. The van der Waals surface area contributed by atoms with Crippen molar-refractivity contribution in [2.45, 2.75) is 44.2 Å². The van der Waals surface area contributed by atoms with Crippen molar-refractivity contribution in [1.82, 2.24) is 14.6 Å². The number of nitrogens with zero attached hydrogens (tertiary/aromatic N) is 1. The summed E-state index contributed by atoms with van der Waals surface area (Å²) < 4.78 is 37.5. The molecule has 4 atom stereocenters. The molecule has 3 N–H and O–H groups in total. The molecule has 0 saturated carbocycles. The summed E-state index contributed by atoms with van der Waals surface area (Å²) >= 11 is 3.09. The molecule has 1 aromatic heterocycles. The smallest absolute Gasteiger partial charge is 0.459 e. The van der Waals surface area contributed by atoms with Crippen LogP contribution in [0, 0.1) is 0 Å². The predicted octanol–water partition coefficient (Wildman–Crippen LogP) is 3.45. The Morgan fingerprint density at radius 3 is 2.73 bits per heavy atom. The number of halogens is 1. The second-order valence-electron chi connectivity index (χ2n) is 9.57. The number of aromatic nitrogens is 2. The Kier molecular flexibility index (Phi) is 9.13. The van der Waals surface area contributed by atoms with Crippen LogP contribution in [-0.2, 0) is 23.4 Å². The minimum atomic E-state index is -4.31. The maximum absolute atomic E-state index is 14.1. The number of hydrogen-bond donors (Lipinski definition) is 3. The molecule has 3 aromatic rings. The van der Waals surface area contributed by atoms with E-state index in [0.29, 0.717) is 5.39 Å². The lowest BCUT2D eigenvalue weighted by molar-refractivity contribution is -0.146. The number of fused-ring (bicyclic) bond motifs is 1. The highest BCUT2D eigenvalue weighted by Gasteiger charge is 2.43. The van der Waals surface area contributed by atoms with Gasteiger partial charge < -0.3 is 19.1 Å². The molecule has 0 bridgehead atoms. The van der Waals surface area contributed by atoms with Crippen molar-refractivity contribution in [3.8, 4) is 5.75 Å². The number of benzene rings is 2. The fourth-order valence-corrected chi connectivity index (χ4v) is 6.22. The van der Waals surface area contributed by atoms with Crippen LogP contribution in [0.4, 0.5) is 0 Å². The number of H-pyrrole nitrogens is 1. The molecule has 214 valence electrons. The van der Waals surface area contributed by atoms with Gasteiger partial charge in [-0.1, -0.05) is 52.3 Å². The number of carbonyl (C=O) groups is 1. The third-order valence-electron chi connectivity index (χ3n) is 6.24. The summed E-state index contributed by atoms with van der Waals surface area (Å²) in [5.74, 6) is -0.464. The summed E-state index contributed by atoms with van der Waals surface area (Å²) in [7, 11) is -3.11. The van der Waals surface area contributed by atoms with Gasteiger partial charge in [-0.05, 0) is 36.4 Å². The molecule has 2 aromatic carbocycles. The Morgan fingerprint density at radius 1 is 1.27 bits per heavy atom. The number of rotatable bonds is 10. The van der Waals surface area contributed by atoms with Crippen LogP contribution in [0.25, 0.3) is 16.8 Å². The van der Waals surface area contributed by atoms with Crippen LogP contribution < -0.4 is 20.9 Å². The molecule has 1 fully saturated rings. The Balaban J connectivity index is 1.58. The van der Waals surface area contributed by atoms with E-state index in [4.69, 9.17) is 18.5 Å². The van der Waals surface area contributed by atoms with Crippen LogP contribution in [0.3, 0.4) is 0 Å². The highest BCUT2D eigenvalue weighted by Crippen LogP contribution is 2.48. The zero-order valence-corrected chi connectivity index (χ0v) is 24.4. The highest BCUT2D eigenvalue weighted by atomic mass is 79.9. The van der Waals surface area contributed by atoms with Crippen molar-refractivity contribution in [2.75, 3.05) is 13.7 Å².